The third-order valence-corrected chi connectivity index (χ3v) is 4.12. The number of hydrogen-bond acceptors (Lipinski definition) is 4. The summed E-state index contributed by atoms with van der Waals surface area (Å²) in [5, 5.41) is 5.78. The van der Waals surface area contributed by atoms with Gasteiger partial charge in [-0.1, -0.05) is 30.6 Å². The fourth-order valence-corrected chi connectivity index (χ4v) is 3.30. The van der Waals surface area contributed by atoms with Crippen molar-refractivity contribution in [3.63, 3.8) is 0 Å². The summed E-state index contributed by atoms with van der Waals surface area (Å²) in [5.41, 5.74) is 5.60. The molecule has 0 bridgehead atoms. The van der Waals surface area contributed by atoms with Crippen LogP contribution in [0.25, 0.3) is 4.96 Å². The van der Waals surface area contributed by atoms with Gasteiger partial charge in [-0.25, -0.2) is 9.50 Å². The summed E-state index contributed by atoms with van der Waals surface area (Å²) in [7, 11) is 0. The highest BCUT2D eigenvalue weighted by Gasteiger charge is 2.19. The number of nitrogen functional groups attached to an aromatic ring is 1. The number of rotatable bonds is 1. The first-order valence-electron chi connectivity index (χ1n) is 5.44. The van der Waals surface area contributed by atoms with E-state index < -0.39 is 0 Å². The minimum absolute atomic E-state index is 0.559. The molecule has 0 amide bonds. The summed E-state index contributed by atoms with van der Waals surface area (Å²) in [4.78, 5) is 5.15. The molecule has 15 heavy (non-hydrogen) atoms. The van der Waals surface area contributed by atoms with Gasteiger partial charge in [0.15, 0.2) is 0 Å². The van der Waals surface area contributed by atoms with Gasteiger partial charge in [-0.2, -0.15) is 5.10 Å². The smallest absolute Gasteiger partial charge is 0.214 e. The summed E-state index contributed by atoms with van der Waals surface area (Å²) >= 11 is 1.69. The second-order valence-corrected chi connectivity index (χ2v) is 5.16. The Hall–Kier alpha value is -1.10. The van der Waals surface area contributed by atoms with Gasteiger partial charge < -0.3 is 5.73 Å². The first-order valence-corrected chi connectivity index (χ1v) is 6.26. The molecular weight excluding hydrogens is 208 g/mol. The van der Waals surface area contributed by atoms with Gasteiger partial charge in [0.2, 0.25) is 4.96 Å². The number of fused-ring (bicyclic) bond motifs is 1. The maximum absolute atomic E-state index is 5.60. The Morgan fingerprint density at radius 3 is 2.87 bits per heavy atom. The lowest BCUT2D eigenvalue weighted by atomic mass is 9.90. The first-order chi connectivity index (χ1) is 7.33. The van der Waals surface area contributed by atoms with E-state index in [2.05, 4.69) is 10.1 Å². The van der Waals surface area contributed by atoms with Crippen LogP contribution in [0.3, 0.4) is 0 Å². The van der Waals surface area contributed by atoms with Gasteiger partial charge in [0.05, 0.1) is 6.20 Å². The van der Waals surface area contributed by atoms with Crippen molar-refractivity contribution < 1.29 is 0 Å². The normalized spacial score (nSPS) is 18.7. The van der Waals surface area contributed by atoms with Crippen molar-refractivity contribution in [1.29, 1.82) is 0 Å². The number of nitrogens with zero attached hydrogens (tertiary/aromatic N) is 3. The van der Waals surface area contributed by atoms with Crippen LogP contribution in [0.2, 0.25) is 0 Å². The van der Waals surface area contributed by atoms with Crippen molar-refractivity contribution in [3.8, 4) is 0 Å². The number of nitrogens with two attached hydrogens (primary N) is 1. The molecule has 1 fully saturated rings. The molecule has 80 valence electrons. The van der Waals surface area contributed by atoms with E-state index in [1.807, 2.05) is 4.52 Å². The Labute approximate surface area is 92.1 Å². The van der Waals surface area contributed by atoms with Crippen molar-refractivity contribution in [2.75, 3.05) is 5.73 Å². The molecule has 0 aromatic carbocycles. The van der Waals surface area contributed by atoms with Gasteiger partial charge in [-0.05, 0) is 12.8 Å². The molecule has 1 aliphatic carbocycles. The van der Waals surface area contributed by atoms with Crippen LogP contribution in [-0.4, -0.2) is 14.6 Å². The van der Waals surface area contributed by atoms with Crippen LogP contribution in [0.4, 0.5) is 5.82 Å². The highest BCUT2D eigenvalue weighted by Crippen LogP contribution is 2.34. The van der Waals surface area contributed by atoms with Crippen LogP contribution in [0, 0.1) is 0 Å². The number of hydrogen-bond donors (Lipinski definition) is 1. The molecule has 2 aromatic heterocycles. The molecule has 0 aliphatic heterocycles. The predicted molar refractivity (Wildman–Crippen MR) is 61.1 cm³/mol. The van der Waals surface area contributed by atoms with Gasteiger partial charge in [-0.3, -0.25) is 0 Å². The summed E-state index contributed by atoms with van der Waals surface area (Å²) in [6, 6.07) is 0. The van der Waals surface area contributed by atoms with Gasteiger partial charge in [-0.15, -0.1) is 0 Å². The average molecular weight is 222 g/mol. The van der Waals surface area contributed by atoms with Crippen LogP contribution >= 0.6 is 11.3 Å². The predicted octanol–water partition coefficient (Wildman–Crippen LogP) is 2.42. The monoisotopic (exact) mass is 222 g/mol. The molecule has 0 radical (unpaired) electrons. The molecule has 0 unspecified atom stereocenters. The topological polar surface area (TPSA) is 56.2 Å². The van der Waals surface area contributed by atoms with Crippen molar-refractivity contribution >= 4 is 22.1 Å². The number of anilines is 1. The Morgan fingerprint density at radius 1 is 1.33 bits per heavy atom. The number of aromatic nitrogens is 3. The van der Waals surface area contributed by atoms with Crippen molar-refractivity contribution in [2.45, 2.75) is 38.0 Å². The molecule has 0 atom stereocenters. The van der Waals surface area contributed by atoms with Crippen LogP contribution in [0.5, 0.6) is 0 Å². The lowest BCUT2D eigenvalue weighted by Crippen LogP contribution is -2.04. The Balaban J connectivity index is 1.93. The third kappa shape index (κ3) is 1.61. The Bertz CT molecular complexity index is 435. The zero-order chi connectivity index (χ0) is 10.3. The molecule has 3 rings (SSSR count). The van der Waals surface area contributed by atoms with E-state index in [0.29, 0.717) is 11.7 Å². The standard InChI is InChI=1S/C10H14N4S/c11-8-6-14-10(12-8)15-9(13-14)7-4-2-1-3-5-7/h6-7H,1-5,11H2. The zero-order valence-corrected chi connectivity index (χ0v) is 9.33. The molecule has 2 N–H and O–H groups in total. The van der Waals surface area contributed by atoms with E-state index in [4.69, 9.17) is 5.73 Å². The van der Waals surface area contributed by atoms with E-state index in [1.165, 1.54) is 37.1 Å². The molecule has 2 aromatic rings. The van der Waals surface area contributed by atoms with Gasteiger partial charge in [0.25, 0.3) is 0 Å². The third-order valence-electron chi connectivity index (χ3n) is 3.03. The Kier molecular flexibility index (Phi) is 2.12. The molecule has 1 saturated carbocycles. The summed E-state index contributed by atoms with van der Waals surface area (Å²) in [5.74, 6) is 1.22. The lowest BCUT2D eigenvalue weighted by molar-refractivity contribution is 0.439. The fourth-order valence-electron chi connectivity index (χ4n) is 2.25. The molecule has 5 heteroatoms. The molecule has 0 spiro atoms. The van der Waals surface area contributed by atoms with E-state index in [9.17, 15) is 0 Å². The van der Waals surface area contributed by atoms with Crippen LogP contribution in [-0.2, 0) is 0 Å². The van der Waals surface area contributed by atoms with Crippen molar-refractivity contribution in [2.24, 2.45) is 0 Å². The molecule has 4 nitrogen and oxygen atoms in total. The minimum atomic E-state index is 0.559. The van der Waals surface area contributed by atoms with E-state index >= 15 is 0 Å². The van der Waals surface area contributed by atoms with Gasteiger partial charge in [0.1, 0.15) is 10.8 Å². The summed E-state index contributed by atoms with van der Waals surface area (Å²) < 4.78 is 1.81. The average Bonchev–Trinajstić information content (AvgIpc) is 2.76. The van der Waals surface area contributed by atoms with Crippen molar-refractivity contribution in [3.05, 3.63) is 11.2 Å². The van der Waals surface area contributed by atoms with Crippen LogP contribution < -0.4 is 5.73 Å². The SMILES string of the molecule is Nc1cn2nc(C3CCCCC3)sc2n1. The molecule has 2 heterocycles. The van der Waals surface area contributed by atoms with E-state index in [-0.39, 0.29) is 0 Å². The summed E-state index contributed by atoms with van der Waals surface area (Å²) in [6.45, 7) is 0. The van der Waals surface area contributed by atoms with E-state index in [1.54, 1.807) is 17.5 Å². The minimum Gasteiger partial charge on any atom is -0.382 e. The zero-order valence-electron chi connectivity index (χ0n) is 8.52. The highest BCUT2D eigenvalue weighted by molar-refractivity contribution is 7.16. The second-order valence-electron chi connectivity index (χ2n) is 4.17. The second kappa shape index (κ2) is 3.48. The highest BCUT2D eigenvalue weighted by atomic mass is 32.1. The maximum atomic E-state index is 5.60. The van der Waals surface area contributed by atoms with Crippen molar-refractivity contribution in [1.82, 2.24) is 14.6 Å². The number of imidazole rings is 1. The lowest BCUT2D eigenvalue weighted by Gasteiger charge is -2.18. The van der Waals surface area contributed by atoms with Gasteiger partial charge in [0, 0.05) is 5.92 Å². The first kappa shape index (κ1) is 9.15. The maximum Gasteiger partial charge on any atom is 0.214 e. The molecule has 0 saturated heterocycles. The van der Waals surface area contributed by atoms with Crippen LogP contribution in [0.1, 0.15) is 43.0 Å². The van der Waals surface area contributed by atoms with Gasteiger partial charge >= 0.3 is 0 Å². The summed E-state index contributed by atoms with van der Waals surface area (Å²) in [6.07, 6.45) is 8.42. The molecular formula is C10H14N4S. The van der Waals surface area contributed by atoms with Crippen LogP contribution in [0.15, 0.2) is 6.20 Å². The molecule has 1 aliphatic rings. The Morgan fingerprint density at radius 2 is 2.13 bits per heavy atom. The van der Waals surface area contributed by atoms with E-state index in [0.717, 1.165) is 4.96 Å². The largest absolute Gasteiger partial charge is 0.382 e. The quantitative estimate of drug-likeness (QED) is 0.806. The fraction of sp³-hybridized carbons (Fsp3) is 0.600.